The number of rotatable bonds is 4. The monoisotopic (exact) mass is 276 g/mol. The third-order valence-electron chi connectivity index (χ3n) is 4.03. The summed E-state index contributed by atoms with van der Waals surface area (Å²) in [4.78, 5) is 8.56. The largest absolute Gasteiger partial charge is 0.383 e. The summed E-state index contributed by atoms with van der Waals surface area (Å²) in [7, 11) is 0. The van der Waals surface area contributed by atoms with Crippen LogP contribution in [0.3, 0.4) is 0 Å². The normalized spacial score (nSPS) is 12.9. The zero-order valence-corrected chi connectivity index (χ0v) is 11.7. The molecule has 3 aromatic rings. The maximum absolute atomic E-state index is 6.14. The highest BCUT2D eigenvalue weighted by atomic mass is 15.0. The third kappa shape index (κ3) is 2.00. The van der Waals surface area contributed by atoms with Crippen molar-refractivity contribution in [2.75, 3.05) is 0 Å². The summed E-state index contributed by atoms with van der Waals surface area (Å²) in [6, 6.07) is 10.5. The molecule has 0 unspecified atom stereocenters. The standard InChI is InChI=1S/C17H16N4/c18-17-16-13(4-2-9-21-10-8-19-11-21)7-6-12-3-1-5-14(20-17)15(12)16/h1,3,5-8,10-11H,2,4,9H2,(H2,18,20). The van der Waals surface area contributed by atoms with Crippen LogP contribution in [0.1, 0.15) is 17.5 Å². The van der Waals surface area contributed by atoms with E-state index in [4.69, 9.17) is 5.73 Å². The third-order valence-corrected chi connectivity index (χ3v) is 4.03. The van der Waals surface area contributed by atoms with E-state index in [2.05, 4.69) is 32.7 Å². The molecule has 2 N–H and O–H groups in total. The Bertz CT molecular complexity index is 831. The van der Waals surface area contributed by atoms with Crippen molar-refractivity contribution < 1.29 is 0 Å². The Morgan fingerprint density at radius 3 is 2.95 bits per heavy atom. The smallest absolute Gasteiger partial charge is 0.132 e. The van der Waals surface area contributed by atoms with E-state index >= 15 is 0 Å². The van der Waals surface area contributed by atoms with E-state index in [9.17, 15) is 0 Å². The molecule has 0 fully saturated rings. The first-order valence-corrected chi connectivity index (χ1v) is 7.18. The maximum atomic E-state index is 6.14. The van der Waals surface area contributed by atoms with Crippen LogP contribution < -0.4 is 5.73 Å². The summed E-state index contributed by atoms with van der Waals surface area (Å²) < 4.78 is 2.10. The molecule has 0 atom stereocenters. The zero-order chi connectivity index (χ0) is 14.2. The van der Waals surface area contributed by atoms with Gasteiger partial charge < -0.3 is 10.3 Å². The Balaban J connectivity index is 1.65. The van der Waals surface area contributed by atoms with Crippen molar-refractivity contribution in [3.63, 3.8) is 0 Å². The van der Waals surface area contributed by atoms with Gasteiger partial charge in [0, 0.05) is 29.9 Å². The molecule has 1 aliphatic rings. The summed E-state index contributed by atoms with van der Waals surface area (Å²) >= 11 is 0. The quantitative estimate of drug-likeness (QED) is 0.796. The van der Waals surface area contributed by atoms with Gasteiger partial charge in [-0.05, 0) is 29.9 Å². The van der Waals surface area contributed by atoms with Crippen LogP contribution >= 0.6 is 0 Å². The summed E-state index contributed by atoms with van der Waals surface area (Å²) in [5.41, 5.74) is 9.56. The van der Waals surface area contributed by atoms with Crippen molar-refractivity contribution in [3.8, 4) is 0 Å². The predicted octanol–water partition coefficient (Wildman–Crippen LogP) is 3.02. The van der Waals surface area contributed by atoms with Crippen molar-refractivity contribution >= 4 is 22.3 Å². The van der Waals surface area contributed by atoms with E-state index in [1.54, 1.807) is 0 Å². The van der Waals surface area contributed by atoms with Crippen LogP contribution in [0.5, 0.6) is 0 Å². The maximum Gasteiger partial charge on any atom is 0.132 e. The predicted molar refractivity (Wildman–Crippen MR) is 84.9 cm³/mol. The van der Waals surface area contributed by atoms with Gasteiger partial charge >= 0.3 is 0 Å². The van der Waals surface area contributed by atoms with Gasteiger partial charge in [0.15, 0.2) is 0 Å². The molecule has 2 aromatic carbocycles. The molecule has 0 spiro atoms. The van der Waals surface area contributed by atoms with Gasteiger partial charge in [0.1, 0.15) is 5.84 Å². The van der Waals surface area contributed by atoms with Crippen LogP contribution in [0, 0.1) is 0 Å². The fourth-order valence-electron chi connectivity index (χ4n) is 3.05. The number of amidine groups is 1. The average molecular weight is 276 g/mol. The minimum atomic E-state index is 0.652. The SMILES string of the molecule is NC1=Nc2cccc3ccc(CCCn4ccnc4)c1c23. The topological polar surface area (TPSA) is 56.2 Å². The molecule has 4 nitrogen and oxygen atoms in total. The second-order valence-corrected chi connectivity index (χ2v) is 5.38. The first kappa shape index (κ1) is 12.1. The molecule has 4 heteroatoms. The fourth-order valence-corrected chi connectivity index (χ4v) is 3.05. The Hall–Kier alpha value is -2.62. The van der Waals surface area contributed by atoms with Crippen molar-refractivity contribution in [1.29, 1.82) is 0 Å². The van der Waals surface area contributed by atoms with Crippen LogP contribution in [0.15, 0.2) is 54.0 Å². The van der Waals surface area contributed by atoms with Crippen molar-refractivity contribution in [2.24, 2.45) is 10.7 Å². The van der Waals surface area contributed by atoms with Gasteiger partial charge in [-0.25, -0.2) is 9.98 Å². The van der Waals surface area contributed by atoms with E-state index in [0.717, 1.165) is 30.6 Å². The van der Waals surface area contributed by atoms with Gasteiger partial charge in [-0.1, -0.05) is 24.3 Å². The van der Waals surface area contributed by atoms with Crippen LogP contribution in [0.25, 0.3) is 10.8 Å². The molecule has 0 aliphatic carbocycles. The first-order chi connectivity index (χ1) is 10.3. The van der Waals surface area contributed by atoms with Crippen molar-refractivity contribution in [2.45, 2.75) is 19.4 Å². The van der Waals surface area contributed by atoms with Gasteiger partial charge in [0.2, 0.25) is 0 Å². The van der Waals surface area contributed by atoms with E-state index in [1.807, 2.05) is 30.9 Å². The highest BCUT2D eigenvalue weighted by Crippen LogP contribution is 2.36. The number of nitrogens with two attached hydrogens (primary N) is 1. The fraction of sp³-hybridized carbons (Fsp3) is 0.176. The number of benzene rings is 2. The average Bonchev–Trinajstić information content (AvgIpc) is 3.11. The van der Waals surface area contributed by atoms with E-state index in [1.165, 1.54) is 16.3 Å². The zero-order valence-electron chi connectivity index (χ0n) is 11.7. The summed E-state index contributed by atoms with van der Waals surface area (Å²) in [5, 5.41) is 2.42. The molecule has 1 aromatic heterocycles. The highest BCUT2D eigenvalue weighted by Gasteiger charge is 2.19. The number of imidazole rings is 1. The van der Waals surface area contributed by atoms with Gasteiger partial charge in [0.05, 0.1) is 12.0 Å². The molecule has 2 heterocycles. The minimum absolute atomic E-state index is 0.652. The molecule has 0 bridgehead atoms. The highest BCUT2D eigenvalue weighted by molar-refractivity contribution is 6.19. The molecular formula is C17H16N4. The summed E-state index contributed by atoms with van der Waals surface area (Å²) in [5.74, 6) is 0.652. The van der Waals surface area contributed by atoms with Crippen LogP contribution in [0.2, 0.25) is 0 Å². The Kier molecular flexibility index (Phi) is 2.74. The van der Waals surface area contributed by atoms with Crippen molar-refractivity contribution in [1.82, 2.24) is 9.55 Å². The summed E-state index contributed by atoms with van der Waals surface area (Å²) in [6.07, 6.45) is 7.71. The molecule has 0 amide bonds. The second kappa shape index (κ2) is 4.74. The molecule has 21 heavy (non-hydrogen) atoms. The van der Waals surface area contributed by atoms with Crippen LogP contribution in [-0.4, -0.2) is 15.4 Å². The van der Waals surface area contributed by atoms with Crippen LogP contribution in [-0.2, 0) is 13.0 Å². The van der Waals surface area contributed by atoms with E-state index in [0.29, 0.717) is 5.84 Å². The number of hydrogen-bond donors (Lipinski definition) is 1. The lowest BCUT2D eigenvalue weighted by molar-refractivity contribution is 0.642. The minimum Gasteiger partial charge on any atom is -0.383 e. The number of aromatic nitrogens is 2. The lowest BCUT2D eigenvalue weighted by atomic mass is 9.96. The van der Waals surface area contributed by atoms with Gasteiger partial charge in [-0.3, -0.25) is 0 Å². The first-order valence-electron chi connectivity index (χ1n) is 7.18. The lowest BCUT2D eigenvalue weighted by Crippen LogP contribution is -2.13. The number of aryl methyl sites for hydroxylation is 2. The molecule has 104 valence electrons. The van der Waals surface area contributed by atoms with E-state index < -0.39 is 0 Å². The Morgan fingerprint density at radius 1 is 1.14 bits per heavy atom. The van der Waals surface area contributed by atoms with Gasteiger partial charge in [0.25, 0.3) is 0 Å². The molecule has 4 rings (SSSR count). The van der Waals surface area contributed by atoms with Gasteiger partial charge in [-0.15, -0.1) is 0 Å². The van der Waals surface area contributed by atoms with Gasteiger partial charge in [-0.2, -0.15) is 0 Å². The Labute approximate surface area is 122 Å². The second-order valence-electron chi connectivity index (χ2n) is 5.38. The number of nitrogens with zero attached hydrogens (tertiary/aromatic N) is 3. The van der Waals surface area contributed by atoms with Crippen molar-refractivity contribution in [3.05, 3.63) is 60.2 Å². The molecule has 0 saturated heterocycles. The molecule has 0 radical (unpaired) electrons. The molecule has 1 aliphatic heterocycles. The molecular weight excluding hydrogens is 260 g/mol. The van der Waals surface area contributed by atoms with E-state index in [-0.39, 0.29) is 0 Å². The number of hydrogen-bond acceptors (Lipinski definition) is 3. The Morgan fingerprint density at radius 2 is 2.10 bits per heavy atom. The lowest BCUT2D eigenvalue weighted by Gasteiger charge is -2.09. The summed E-state index contributed by atoms with van der Waals surface area (Å²) in [6.45, 7) is 0.968. The number of aliphatic imine (C=N–C) groups is 1. The molecule has 0 saturated carbocycles. The van der Waals surface area contributed by atoms with Crippen LogP contribution in [0.4, 0.5) is 5.69 Å².